The molecule has 0 radical (unpaired) electrons. The highest BCUT2D eigenvalue weighted by Gasteiger charge is 2.31. The number of anilines is 1. The third-order valence-corrected chi connectivity index (χ3v) is 6.79. The van der Waals surface area contributed by atoms with Crippen molar-refractivity contribution in [3.63, 3.8) is 0 Å². The van der Waals surface area contributed by atoms with E-state index in [1.54, 1.807) is 25.3 Å². The topological polar surface area (TPSA) is 67.9 Å². The van der Waals surface area contributed by atoms with Crippen molar-refractivity contribution in [1.82, 2.24) is 4.90 Å². The number of nitrogens with zero attached hydrogens (tertiary/aromatic N) is 1. The minimum atomic E-state index is -0.205. The maximum absolute atomic E-state index is 13.2. The van der Waals surface area contributed by atoms with Crippen molar-refractivity contribution >= 4 is 17.5 Å². The van der Waals surface area contributed by atoms with E-state index in [0.29, 0.717) is 36.0 Å². The number of nitrogens with one attached hydrogen (secondary N) is 1. The van der Waals surface area contributed by atoms with Crippen molar-refractivity contribution in [2.45, 2.75) is 18.8 Å². The summed E-state index contributed by atoms with van der Waals surface area (Å²) >= 11 is 0. The second-order valence-corrected chi connectivity index (χ2v) is 8.84. The summed E-state index contributed by atoms with van der Waals surface area (Å²) in [6.07, 6.45) is 1.84. The molecular formula is C28H28N2O4. The number of ether oxygens (including phenoxy) is 2. The highest BCUT2D eigenvalue weighted by Crippen LogP contribution is 2.39. The van der Waals surface area contributed by atoms with E-state index in [1.165, 1.54) is 11.1 Å². The SMILES string of the molecule is COc1ccc([C@@H](c2ccccc2)C2CCN(C(=O)c3ccc4c(c3)NC(=O)CO4)CC2)cc1. The molecule has 2 aliphatic heterocycles. The average molecular weight is 457 g/mol. The number of piperidine rings is 1. The van der Waals surface area contributed by atoms with Gasteiger partial charge in [0.25, 0.3) is 11.8 Å². The Balaban J connectivity index is 1.32. The van der Waals surface area contributed by atoms with E-state index >= 15 is 0 Å². The minimum absolute atomic E-state index is 0.00455. The van der Waals surface area contributed by atoms with Crippen molar-refractivity contribution in [2.24, 2.45) is 5.92 Å². The maximum Gasteiger partial charge on any atom is 0.262 e. The standard InChI is InChI=1S/C28H28N2O4/c1-33-23-10-7-20(8-11-23)27(19-5-3-2-4-6-19)21-13-15-30(16-14-21)28(32)22-9-12-25-24(17-22)29-26(31)18-34-25/h2-12,17,21,27H,13-16,18H2,1H3,(H,29,31)/t27-/m1/s1. The number of carbonyl (C=O) groups is 2. The summed E-state index contributed by atoms with van der Waals surface area (Å²) in [6.45, 7) is 1.40. The first-order chi connectivity index (χ1) is 16.6. The molecule has 3 aromatic carbocycles. The van der Waals surface area contributed by atoms with Crippen molar-refractivity contribution in [3.05, 3.63) is 89.5 Å². The molecule has 6 heteroatoms. The van der Waals surface area contributed by atoms with Gasteiger partial charge in [-0.15, -0.1) is 0 Å². The number of likely N-dealkylation sites (tertiary alicyclic amines) is 1. The van der Waals surface area contributed by atoms with Gasteiger partial charge in [-0.25, -0.2) is 0 Å². The summed E-state index contributed by atoms with van der Waals surface area (Å²) in [5, 5.41) is 2.78. The van der Waals surface area contributed by atoms with Crippen LogP contribution < -0.4 is 14.8 Å². The van der Waals surface area contributed by atoms with Crippen LogP contribution in [0.25, 0.3) is 0 Å². The molecule has 34 heavy (non-hydrogen) atoms. The molecule has 2 aliphatic rings. The molecule has 2 amide bonds. The largest absolute Gasteiger partial charge is 0.497 e. The van der Waals surface area contributed by atoms with Gasteiger partial charge in [0.2, 0.25) is 0 Å². The number of carbonyl (C=O) groups excluding carboxylic acids is 2. The number of hydrogen-bond donors (Lipinski definition) is 1. The molecular weight excluding hydrogens is 428 g/mol. The molecule has 0 unspecified atom stereocenters. The molecule has 0 aromatic heterocycles. The molecule has 0 bridgehead atoms. The normalized spacial score (nSPS) is 16.7. The third kappa shape index (κ3) is 4.49. The Hall–Kier alpha value is -3.80. The summed E-state index contributed by atoms with van der Waals surface area (Å²) < 4.78 is 10.8. The van der Waals surface area contributed by atoms with Gasteiger partial charge in [-0.3, -0.25) is 9.59 Å². The van der Waals surface area contributed by atoms with E-state index in [-0.39, 0.29) is 24.3 Å². The quantitative estimate of drug-likeness (QED) is 0.604. The van der Waals surface area contributed by atoms with Gasteiger partial charge in [-0.2, -0.15) is 0 Å². The molecule has 1 fully saturated rings. The van der Waals surface area contributed by atoms with Crippen LogP contribution in [0.3, 0.4) is 0 Å². The lowest BCUT2D eigenvalue weighted by atomic mass is 9.76. The molecule has 1 atom stereocenters. The predicted molar refractivity (Wildman–Crippen MR) is 130 cm³/mol. The van der Waals surface area contributed by atoms with Crippen molar-refractivity contribution in [2.75, 3.05) is 32.1 Å². The van der Waals surface area contributed by atoms with Crippen LogP contribution in [-0.2, 0) is 4.79 Å². The van der Waals surface area contributed by atoms with Crippen LogP contribution in [0.5, 0.6) is 11.5 Å². The fourth-order valence-electron chi connectivity index (χ4n) is 5.04. The Morgan fingerprint density at radius 2 is 1.71 bits per heavy atom. The number of fused-ring (bicyclic) bond motifs is 1. The fraction of sp³-hybridized carbons (Fsp3) is 0.286. The predicted octanol–water partition coefficient (Wildman–Crippen LogP) is 4.71. The maximum atomic E-state index is 13.2. The lowest BCUT2D eigenvalue weighted by molar-refractivity contribution is -0.118. The summed E-state index contributed by atoms with van der Waals surface area (Å²) in [7, 11) is 1.68. The van der Waals surface area contributed by atoms with Crippen molar-refractivity contribution in [1.29, 1.82) is 0 Å². The van der Waals surface area contributed by atoms with E-state index in [9.17, 15) is 9.59 Å². The molecule has 1 N–H and O–H groups in total. The molecule has 2 heterocycles. The zero-order chi connectivity index (χ0) is 23.5. The van der Waals surface area contributed by atoms with Crippen LogP contribution in [0.15, 0.2) is 72.8 Å². The van der Waals surface area contributed by atoms with E-state index in [0.717, 1.165) is 18.6 Å². The first-order valence-electron chi connectivity index (χ1n) is 11.7. The molecule has 6 nitrogen and oxygen atoms in total. The van der Waals surface area contributed by atoms with Gasteiger partial charge in [0.1, 0.15) is 11.5 Å². The van der Waals surface area contributed by atoms with E-state index in [1.807, 2.05) is 23.1 Å². The summed E-state index contributed by atoms with van der Waals surface area (Å²) in [4.78, 5) is 26.8. The van der Waals surface area contributed by atoms with Crippen LogP contribution in [0.1, 0.15) is 40.2 Å². The fourth-order valence-corrected chi connectivity index (χ4v) is 5.04. The van der Waals surface area contributed by atoms with Crippen LogP contribution in [-0.4, -0.2) is 43.5 Å². The molecule has 1 saturated heterocycles. The average Bonchev–Trinajstić information content (AvgIpc) is 2.89. The minimum Gasteiger partial charge on any atom is -0.497 e. The van der Waals surface area contributed by atoms with Gasteiger partial charge in [-0.1, -0.05) is 42.5 Å². The van der Waals surface area contributed by atoms with Gasteiger partial charge in [-0.05, 0) is 60.2 Å². The van der Waals surface area contributed by atoms with Crippen LogP contribution >= 0.6 is 0 Å². The lowest BCUT2D eigenvalue weighted by Gasteiger charge is -2.37. The number of hydrogen-bond acceptors (Lipinski definition) is 4. The number of benzene rings is 3. The van der Waals surface area contributed by atoms with Crippen molar-refractivity contribution < 1.29 is 19.1 Å². The zero-order valence-electron chi connectivity index (χ0n) is 19.2. The zero-order valence-corrected chi connectivity index (χ0v) is 19.2. The highest BCUT2D eigenvalue weighted by molar-refractivity contribution is 5.99. The monoisotopic (exact) mass is 456 g/mol. The van der Waals surface area contributed by atoms with Gasteiger partial charge >= 0.3 is 0 Å². The summed E-state index contributed by atoms with van der Waals surface area (Å²) in [5.41, 5.74) is 3.68. The Morgan fingerprint density at radius 3 is 2.41 bits per heavy atom. The Bertz CT molecular complexity index is 1170. The molecule has 5 rings (SSSR count). The van der Waals surface area contributed by atoms with Gasteiger partial charge in [0.05, 0.1) is 12.8 Å². The van der Waals surface area contributed by atoms with E-state index in [4.69, 9.17) is 9.47 Å². The molecule has 3 aromatic rings. The van der Waals surface area contributed by atoms with Gasteiger partial charge in [0.15, 0.2) is 6.61 Å². The number of amides is 2. The molecule has 0 saturated carbocycles. The first kappa shape index (κ1) is 22.0. The molecule has 0 spiro atoms. The Kier molecular flexibility index (Phi) is 6.21. The van der Waals surface area contributed by atoms with Gasteiger partial charge < -0.3 is 19.7 Å². The van der Waals surface area contributed by atoms with Crippen molar-refractivity contribution in [3.8, 4) is 11.5 Å². The number of methoxy groups -OCH3 is 1. The first-order valence-corrected chi connectivity index (χ1v) is 11.7. The molecule has 0 aliphatic carbocycles. The second-order valence-electron chi connectivity index (χ2n) is 8.84. The van der Waals surface area contributed by atoms with Crippen LogP contribution in [0, 0.1) is 5.92 Å². The van der Waals surface area contributed by atoms with Crippen LogP contribution in [0.4, 0.5) is 5.69 Å². The third-order valence-electron chi connectivity index (χ3n) is 6.79. The number of rotatable bonds is 5. The van der Waals surface area contributed by atoms with Gasteiger partial charge in [0, 0.05) is 24.6 Å². The second kappa shape index (κ2) is 9.59. The van der Waals surface area contributed by atoms with E-state index in [2.05, 4.69) is 41.7 Å². The highest BCUT2D eigenvalue weighted by atomic mass is 16.5. The van der Waals surface area contributed by atoms with E-state index < -0.39 is 0 Å². The molecule has 174 valence electrons. The Labute approximate surface area is 199 Å². The lowest BCUT2D eigenvalue weighted by Crippen LogP contribution is -2.40. The summed E-state index contributed by atoms with van der Waals surface area (Å²) in [6, 6.07) is 24.2. The summed E-state index contributed by atoms with van der Waals surface area (Å²) in [5.74, 6) is 1.92. The smallest absolute Gasteiger partial charge is 0.262 e. The Morgan fingerprint density at radius 1 is 1.00 bits per heavy atom. The van der Waals surface area contributed by atoms with Crippen LogP contribution in [0.2, 0.25) is 0 Å².